The Bertz CT molecular complexity index is 1120. The van der Waals surface area contributed by atoms with Gasteiger partial charge >= 0.3 is 0 Å². The Morgan fingerprint density at radius 3 is 2.56 bits per heavy atom. The maximum Gasteiger partial charge on any atom is 0.264 e. The highest BCUT2D eigenvalue weighted by Crippen LogP contribution is 2.31. The monoisotopic (exact) mass is 482 g/mol. The van der Waals surface area contributed by atoms with Gasteiger partial charge in [-0.25, -0.2) is 8.42 Å². The van der Waals surface area contributed by atoms with Crippen LogP contribution in [-0.4, -0.2) is 51.6 Å². The summed E-state index contributed by atoms with van der Waals surface area (Å²) in [4.78, 5) is 19.4. The third kappa shape index (κ3) is 6.04. The highest BCUT2D eigenvalue weighted by Gasteiger charge is 2.21. The predicted octanol–water partition coefficient (Wildman–Crippen LogP) is 4.51. The van der Waals surface area contributed by atoms with Crippen molar-refractivity contribution >= 4 is 33.5 Å². The van der Waals surface area contributed by atoms with Crippen LogP contribution in [0.15, 0.2) is 52.4 Å². The number of para-hydroxylation sites is 1. The van der Waals surface area contributed by atoms with Crippen molar-refractivity contribution in [2.45, 2.75) is 50.3 Å². The number of hydrogen-bond donors (Lipinski definition) is 2. The fourth-order valence-corrected chi connectivity index (χ4v) is 5.88. The molecular weight excluding hydrogens is 448 g/mol. The average Bonchev–Trinajstić information content (AvgIpc) is 3.13. The molecule has 0 spiro atoms. The molecule has 1 saturated heterocycles. The zero-order valence-corrected chi connectivity index (χ0v) is 20.6. The Balaban J connectivity index is 1.50. The van der Waals surface area contributed by atoms with Crippen LogP contribution in [0.25, 0.3) is 0 Å². The van der Waals surface area contributed by atoms with Crippen molar-refractivity contribution in [2.24, 2.45) is 10.9 Å². The van der Waals surface area contributed by atoms with Crippen molar-refractivity contribution in [2.75, 3.05) is 30.9 Å². The molecule has 4 rings (SSSR count). The number of aryl methyl sites for hydroxylation is 1. The van der Waals surface area contributed by atoms with E-state index >= 15 is 0 Å². The highest BCUT2D eigenvalue weighted by atomic mass is 32.2. The molecular formula is C26H34N4O3S. The molecule has 1 aliphatic carbocycles. The molecule has 0 radical (unpaired) electrons. The van der Waals surface area contributed by atoms with Crippen LogP contribution in [0.1, 0.15) is 54.4 Å². The number of amides is 1. The first-order chi connectivity index (χ1) is 16.4. The lowest BCUT2D eigenvalue weighted by Gasteiger charge is -2.20. The van der Waals surface area contributed by atoms with Crippen LogP contribution in [0.4, 0.5) is 11.4 Å². The number of sulfonamides is 1. The maximum absolute atomic E-state index is 13.3. The first-order valence-corrected chi connectivity index (χ1v) is 13.7. The SMILES string of the molecule is Cc1cccc(S(=O)(=O)Nc2ccc(C(=O)N3CCCNCC3)cc2)c1N=CC1CCCCC1. The summed E-state index contributed by atoms with van der Waals surface area (Å²) in [5, 5.41) is 3.29. The number of rotatable bonds is 6. The number of hydrogen-bond acceptors (Lipinski definition) is 5. The molecule has 0 aromatic heterocycles. The van der Waals surface area contributed by atoms with Gasteiger partial charge in [0, 0.05) is 37.1 Å². The first kappa shape index (κ1) is 24.4. The van der Waals surface area contributed by atoms with E-state index < -0.39 is 10.0 Å². The molecule has 2 fully saturated rings. The van der Waals surface area contributed by atoms with E-state index in [9.17, 15) is 13.2 Å². The molecule has 0 unspecified atom stereocenters. The minimum atomic E-state index is -3.85. The van der Waals surface area contributed by atoms with E-state index in [1.165, 1.54) is 19.3 Å². The van der Waals surface area contributed by atoms with Gasteiger partial charge in [-0.05, 0) is 74.5 Å². The van der Waals surface area contributed by atoms with Gasteiger partial charge in [0.25, 0.3) is 15.9 Å². The Kier molecular flexibility index (Phi) is 8.00. The third-order valence-corrected chi connectivity index (χ3v) is 7.98. The van der Waals surface area contributed by atoms with Crippen LogP contribution < -0.4 is 10.0 Å². The lowest BCUT2D eigenvalue weighted by molar-refractivity contribution is 0.0766. The van der Waals surface area contributed by atoms with E-state index in [1.807, 2.05) is 24.1 Å². The van der Waals surface area contributed by atoms with Crippen molar-refractivity contribution in [1.29, 1.82) is 0 Å². The molecule has 2 aromatic carbocycles. The van der Waals surface area contributed by atoms with Gasteiger partial charge in [-0.3, -0.25) is 14.5 Å². The molecule has 1 amide bonds. The molecule has 2 aliphatic rings. The van der Waals surface area contributed by atoms with Gasteiger partial charge in [0.1, 0.15) is 4.90 Å². The first-order valence-electron chi connectivity index (χ1n) is 12.2. The van der Waals surface area contributed by atoms with E-state index in [-0.39, 0.29) is 10.8 Å². The Hall–Kier alpha value is -2.71. The standard InChI is InChI=1S/C26H34N4O3S/c1-20-7-5-10-24(25(20)28-19-21-8-3-2-4-9-21)34(32,33)29-23-13-11-22(12-14-23)26(31)30-17-6-15-27-16-18-30/h5,7,10-14,19,21,27,29H,2-4,6,8-9,15-18H2,1H3. The van der Waals surface area contributed by atoms with Crippen molar-refractivity contribution < 1.29 is 13.2 Å². The van der Waals surface area contributed by atoms with Crippen LogP contribution in [0.3, 0.4) is 0 Å². The fraction of sp³-hybridized carbons (Fsp3) is 0.462. The minimum absolute atomic E-state index is 0.0314. The maximum atomic E-state index is 13.3. The topological polar surface area (TPSA) is 90.9 Å². The van der Waals surface area contributed by atoms with Crippen molar-refractivity contribution in [1.82, 2.24) is 10.2 Å². The van der Waals surface area contributed by atoms with Gasteiger partial charge in [-0.15, -0.1) is 0 Å². The summed E-state index contributed by atoms with van der Waals surface area (Å²) in [6, 6.07) is 11.8. The second-order valence-electron chi connectivity index (χ2n) is 9.18. The number of carbonyl (C=O) groups excluding carboxylic acids is 1. The Morgan fingerprint density at radius 2 is 1.79 bits per heavy atom. The summed E-state index contributed by atoms with van der Waals surface area (Å²) in [6.45, 7) is 4.97. The quantitative estimate of drug-likeness (QED) is 0.593. The zero-order valence-electron chi connectivity index (χ0n) is 19.8. The molecule has 2 N–H and O–H groups in total. The van der Waals surface area contributed by atoms with Crippen LogP contribution in [0, 0.1) is 12.8 Å². The lowest BCUT2D eigenvalue weighted by Crippen LogP contribution is -2.34. The van der Waals surface area contributed by atoms with Gasteiger partial charge in [0.15, 0.2) is 0 Å². The number of aliphatic imine (C=N–C) groups is 1. The number of nitrogens with one attached hydrogen (secondary N) is 2. The molecule has 182 valence electrons. The molecule has 2 aromatic rings. The average molecular weight is 483 g/mol. The Morgan fingerprint density at radius 1 is 1.03 bits per heavy atom. The summed E-state index contributed by atoms with van der Waals surface area (Å²) >= 11 is 0. The van der Waals surface area contributed by atoms with Crippen LogP contribution in [-0.2, 0) is 10.0 Å². The smallest absolute Gasteiger partial charge is 0.264 e. The summed E-state index contributed by atoms with van der Waals surface area (Å²) in [5.41, 5.74) is 2.28. The number of carbonyl (C=O) groups is 1. The summed E-state index contributed by atoms with van der Waals surface area (Å²) in [7, 11) is -3.85. The fourth-order valence-electron chi connectivity index (χ4n) is 4.60. The molecule has 0 atom stereocenters. The van der Waals surface area contributed by atoms with Crippen LogP contribution in [0.2, 0.25) is 0 Å². The van der Waals surface area contributed by atoms with Crippen LogP contribution >= 0.6 is 0 Å². The predicted molar refractivity (Wildman–Crippen MR) is 137 cm³/mol. The van der Waals surface area contributed by atoms with Gasteiger partial charge in [0.2, 0.25) is 0 Å². The Labute approximate surface area is 202 Å². The van der Waals surface area contributed by atoms with Gasteiger partial charge in [0.05, 0.1) is 5.69 Å². The number of nitrogens with zero attached hydrogens (tertiary/aromatic N) is 2. The van der Waals surface area contributed by atoms with Crippen molar-refractivity contribution in [3.8, 4) is 0 Å². The van der Waals surface area contributed by atoms with E-state index in [4.69, 9.17) is 0 Å². The second kappa shape index (κ2) is 11.1. The largest absolute Gasteiger partial charge is 0.337 e. The molecule has 1 heterocycles. The van der Waals surface area contributed by atoms with Crippen molar-refractivity contribution in [3.05, 3.63) is 53.6 Å². The van der Waals surface area contributed by atoms with E-state index in [0.29, 0.717) is 29.4 Å². The molecule has 1 saturated carbocycles. The molecule has 8 heteroatoms. The van der Waals surface area contributed by atoms with E-state index in [0.717, 1.165) is 44.5 Å². The van der Waals surface area contributed by atoms with E-state index in [1.54, 1.807) is 36.4 Å². The van der Waals surface area contributed by atoms with Gasteiger partial charge in [-0.1, -0.05) is 31.4 Å². The minimum Gasteiger partial charge on any atom is -0.337 e. The molecule has 34 heavy (non-hydrogen) atoms. The van der Waals surface area contributed by atoms with Crippen molar-refractivity contribution in [3.63, 3.8) is 0 Å². The third-order valence-electron chi connectivity index (χ3n) is 6.57. The van der Waals surface area contributed by atoms with Gasteiger partial charge in [-0.2, -0.15) is 0 Å². The highest BCUT2D eigenvalue weighted by molar-refractivity contribution is 7.92. The lowest BCUT2D eigenvalue weighted by atomic mass is 9.90. The number of benzene rings is 2. The molecule has 1 aliphatic heterocycles. The van der Waals surface area contributed by atoms with E-state index in [2.05, 4.69) is 15.0 Å². The van der Waals surface area contributed by atoms with Gasteiger partial charge < -0.3 is 10.2 Å². The molecule has 0 bridgehead atoms. The normalized spacial score (nSPS) is 18.1. The summed E-state index contributed by atoms with van der Waals surface area (Å²) in [5.74, 6) is 0.373. The van der Waals surface area contributed by atoms with Crippen LogP contribution in [0.5, 0.6) is 0 Å². The zero-order chi connectivity index (χ0) is 24.0. The summed E-state index contributed by atoms with van der Waals surface area (Å²) < 4.78 is 29.2. The molecule has 7 nitrogen and oxygen atoms in total. The summed E-state index contributed by atoms with van der Waals surface area (Å²) in [6.07, 6.45) is 8.72. The number of anilines is 1. The second-order valence-corrected chi connectivity index (χ2v) is 10.8.